The van der Waals surface area contributed by atoms with E-state index in [0.29, 0.717) is 24.4 Å². The van der Waals surface area contributed by atoms with Crippen LogP contribution in [-0.2, 0) is 20.5 Å². The van der Waals surface area contributed by atoms with Gasteiger partial charge in [-0.25, -0.2) is 4.39 Å². The van der Waals surface area contributed by atoms with Crippen LogP contribution in [-0.4, -0.2) is 35.3 Å². The lowest BCUT2D eigenvalue weighted by molar-refractivity contribution is -0.141. The summed E-state index contributed by atoms with van der Waals surface area (Å²) in [4.78, 5) is 37.0. The number of benzene rings is 3. The standard InChI is InChI=1S/C29H24Cl3F4N3O4/c1-14-11-17(37-9-10-43-15(2)40)5-8-23(14)39-26(41)19-13-18(4-6-21(19)30)38-27(42)25-24(28(25,31)32)16-3-7-22(33)20(12-16)29(34,35)36/h3-8,11-13,24-25,37H,9-10H2,1-2H3,(H,38,42)(H,39,41)/t24-,25?/m0/s1. The highest BCUT2D eigenvalue weighted by atomic mass is 35.5. The molecule has 0 radical (unpaired) electrons. The van der Waals surface area contributed by atoms with Crippen LogP contribution in [0.5, 0.6) is 0 Å². The molecule has 1 aliphatic carbocycles. The first-order chi connectivity index (χ1) is 20.1. The first-order valence-electron chi connectivity index (χ1n) is 12.7. The quantitative estimate of drug-likeness (QED) is 0.0953. The number of rotatable bonds is 9. The lowest BCUT2D eigenvalue weighted by atomic mass is 10.0. The van der Waals surface area contributed by atoms with Crippen molar-refractivity contribution in [1.82, 2.24) is 0 Å². The number of esters is 1. The summed E-state index contributed by atoms with van der Waals surface area (Å²) in [5.74, 6) is -5.31. The Kier molecular flexibility index (Phi) is 9.48. The number of amides is 2. The third-order valence-corrected chi connectivity index (χ3v) is 7.95. The van der Waals surface area contributed by atoms with Gasteiger partial charge in [-0.15, -0.1) is 23.2 Å². The lowest BCUT2D eigenvalue weighted by Crippen LogP contribution is -2.18. The number of carbonyl (C=O) groups excluding carboxylic acids is 3. The Bertz CT molecular complexity index is 1580. The molecule has 3 aromatic rings. The summed E-state index contributed by atoms with van der Waals surface area (Å²) >= 11 is 18.8. The number of ether oxygens (including phenoxy) is 1. The summed E-state index contributed by atoms with van der Waals surface area (Å²) in [5.41, 5.74) is 0.619. The highest BCUT2D eigenvalue weighted by Gasteiger charge is 2.67. The molecule has 0 saturated heterocycles. The maximum Gasteiger partial charge on any atom is 0.419 e. The number of anilines is 3. The van der Waals surface area contributed by atoms with Crippen LogP contribution >= 0.6 is 34.8 Å². The van der Waals surface area contributed by atoms with E-state index >= 15 is 0 Å². The molecular weight excluding hydrogens is 637 g/mol. The molecular formula is C29H24Cl3F4N3O4. The molecule has 4 rings (SSSR count). The van der Waals surface area contributed by atoms with Crippen molar-refractivity contribution in [3.8, 4) is 0 Å². The number of hydrogen-bond donors (Lipinski definition) is 3. The van der Waals surface area contributed by atoms with Gasteiger partial charge in [-0.2, -0.15) is 13.2 Å². The van der Waals surface area contributed by atoms with E-state index in [1.807, 2.05) is 0 Å². The van der Waals surface area contributed by atoms with Crippen LogP contribution < -0.4 is 16.0 Å². The summed E-state index contributed by atoms with van der Waals surface area (Å²) < 4.78 is 56.5. The summed E-state index contributed by atoms with van der Waals surface area (Å²) in [7, 11) is 0. The minimum atomic E-state index is -4.95. The maximum atomic E-state index is 13.8. The van der Waals surface area contributed by atoms with E-state index in [-0.39, 0.29) is 34.4 Å². The second kappa shape index (κ2) is 12.6. The Balaban J connectivity index is 1.44. The van der Waals surface area contributed by atoms with E-state index in [1.54, 1.807) is 25.1 Å². The van der Waals surface area contributed by atoms with Gasteiger partial charge in [0.1, 0.15) is 16.8 Å². The van der Waals surface area contributed by atoms with Gasteiger partial charge < -0.3 is 20.7 Å². The summed E-state index contributed by atoms with van der Waals surface area (Å²) in [6.07, 6.45) is -4.95. The fraction of sp³-hybridized carbons (Fsp3) is 0.276. The van der Waals surface area contributed by atoms with Crippen LogP contribution in [0, 0.1) is 18.7 Å². The van der Waals surface area contributed by atoms with Crippen molar-refractivity contribution in [2.24, 2.45) is 5.92 Å². The second-order valence-electron chi connectivity index (χ2n) is 9.80. The van der Waals surface area contributed by atoms with E-state index in [9.17, 15) is 31.9 Å². The fourth-order valence-corrected chi connectivity index (χ4v) is 5.54. The van der Waals surface area contributed by atoms with Gasteiger partial charge in [0, 0.05) is 36.4 Å². The van der Waals surface area contributed by atoms with E-state index in [0.717, 1.165) is 17.3 Å². The molecule has 0 bridgehead atoms. The average Bonchev–Trinajstić information content (AvgIpc) is 3.50. The van der Waals surface area contributed by atoms with Gasteiger partial charge in [-0.3, -0.25) is 14.4 Å². The van der Waals surface area contributed by atoms with Crippen LogP contribution in [0.15, 0.2) is 54.6 Å². The minimum Gasteiger partial charge on any atom is -0.464 e. The normalized spacial score (nSPS) is 17.1. The molecule has 0 heterocycles. The van der Waals surface area contributed by atoms with Crippen molar-refractivity contribution in [2.45, 2.75) is 30.3 Å². The van der Waals surface area contributed by atoms with Crippen LogP contribution in [0.4, 0.5) is 34.6 Å². The molecule has 0 spiro atoms. The summed E-state index contributed by atoms with van der Waals surface area (Å²) in [5, 5.41) is 8.52. The van der Waals surface area contributed by atoms with Crippen molar-refractivity contribution in [3.05, 3.63) is 87.7 Å². The molecule has 1 saturated carbocycles. The van der Waals surface area contributed by atoms with Gasteiger partial charge >= 0.3 is 12.1 Å². The predicted molar refractivity (Wildman–Crippen MR) is 156 cm³/mol. The topological polar surface area (TPSA) is 96.5 Å². The molecule has 3 N–H and O–H groups in total. The Morgan fingerprint density at radius 1 is 0.977 bits per heavy atom. The van der Waals surface area contributed by atoms with Gasteiger partial charge in [0.05, 0.1) is 22.1 Å². The third-order valence-electron chi connectivity index (χ3n) is 6.68. The average molecular weight is 661 g/mol. The second-order valence-corrected chi connectivity index (χ2v) is 11.7. The van der Waals surface area contributed by atoms with Crippen LogP contribution in [0.1, 0.15) is 39.9 Å². The number of alkyl halides is 5. The zero-order chi connectivity index (χ0) is 31.7. The largest absolute Gasteiger partial charge is 0.464 e. The zero-order valence-electron chi connectivity index (χ0n) is 22.5. The molecule has 2 atom stereocenters. The molecule has 2 amide bonds. The molecule has 1 unspecified atom stereocenters. The fourth-order valence-electron chi connectivity index (χ4n) is 4.51. The van der Waals surface area contributed by atoms with Gasteiger partial charge in [0.2, 0.25) is 5.91 Å². The Morgan fingerprint density at radius 3 is 2.33 bits per heavy atom. The minimum absolute atomic E-state index is 0.0335. The molecule has 7 nitrogen and oxygen atoms in total. The van der Waals surface area contributed by atoms with Gasteiger partial charge in [-0.1, -0.05) is 17.7 Å². The predicted octanol–water partition coefficient (Wildman–Crippen LogP) is 7.56. The maximum absolute atomic E-state index is 13.8. The van der Waals surface area contributed by atoms with Crippen molar-refractivity contribution >= 4 is 69.6 Å². The highest BCUT2D eigenvalue weighted by molar-refractivity contribution is 6.53. The molecule has 1 aliphatic rings. The van der Waals surface area contributed by atoms with E-state index in [2.05, 4.69) is 16.0 Å². The Morgan fingerprint density at radius 2 is 1.67 bits per heavy atom. The number of carbonyl (C=O) groups is 3. The molecule has 0 aromatic heterocycles. The monoisotopic (exact) mass is 659 g/mol. The molecule has 1 fully saturated rings. The van der Waals surface area contributed by atoms with E-state index < -0.39 is 45.5 Å². The van der Waals surface area contributed by atoms with Crippen LogP contribution in [0.3, 0.4) is 0 Å². The van der Waals surface area contributed by atoms with E-state index in [4.69, 9.17) is 39.5 Å². The van der Waals surface area contributed by atoms with Gasteiger partial charge in [0.25, 0.3) is 5.91 Å². The van der Waals surface area contributed by atoms with Gasteiger partial charge in [0.15, 0.2) is 0 Å². The number of nitrogens with one attached hydrogen (secondary N) is 3. The first-order valence-corrected chi connectivity index (χ1v) is 13.9. The van der Waals surface area contributed by atoms with Crippen molar-refractivity contribution < 1.29 is 36.7 Å². The van der Waals surface area contributed by atoms with Crippen molar-refractivity contribution in [3.63, 3.8) is 0 Å². The highest BCUT2D eigenvalue weighted by Crippen LogP contribution is 2.65. The van der Waals surface area contributed by atoms with Crippen molar-refractivity contribution in [1.29, 1.82) is 0 Å². The molecule has 14 heteroatoms. The smallest absolute Gasteiger partial charge is 0.419 e. The summed E-state index contributed by atoms with van der Waals surface area (Å²) in [6.45, 7) is 3.69. The third kappa shape index (κ3) is 7.52. The SMILES string of the molecule is CC(=O)OCCNc1ccc(NC(=O)c2cc(NC(=O)C3[C@H](c4ccc(F)c(C(F)(F)F)c4)C3(Cl)Cl)ccc2Cl)c(C)c1. The Hall–Kier alpha value is -3.54. The van der Waals surface area contributed by atoms with Gasteiger partial charge in [-0.05, 0) is 66.6 Å². The van der Waals surface area contributed by atoms with Crippen molar-refractivity contribution in [2.75, 3.05) is 29.1 Å². The molecule has 3 aromatic carbocycles. The number of hydrogen-bond acceptors (Lipinski definition) is 5. The first kappa shape index (κ1) is 32.4. The molecule has 228 valence electrons. The van der Waals surface area contributed by atoms with E-state index in [1.165, 1.54) is 25.1 Å². The van der Waals surface area contributed by atoms with Crippen LogP contribution in [0.25, 0.3) is 0 Å². The molecule has 43 heavy (non-hydrogen) atoms. The lowest BCUT2D eigenvalue weighted by Gasteiger charge is -2.13. The van der Waals surface area contributed by atoms with Crippen LogP contribution in [0.2, 0.25) is 5.02 Å². The number of aryl methyl sites for hydroxylation is 1. The molecule has 0 aliphatic heterocycles. The Labute approximate surface area is 258 Å². The zero-order valence-corrected chi connectivity index (χ0v) is 24.8. The summed E-state index contributed by atoms with van der Waals surface area (Å²) in [6, 6.07) is 11.7. The number of halogens is 7.